The Labute approximate surface area is 122 Å². The lowest BCUT2D eigenvalue weighted by molar-refractivity contribution is -0.139. The van der Waals surface area contributed by atoms with Crippen molar-refractivity contribution in [1.82, 2.24) is 10.3 Å². The van der Waals surface area contributed by atoms with Crippen LogP contribution >= 0.6 is 11.6 Å². The second-order valence-corrected chi connectivity index (χ2v) is 5.55. The molecule has 0 unspecified atom stereocenters. The summed E-state index contributed by atoms with van der Waals surface area (Å²) in [5.74, 6) is -1.17. The molecule has 0 aliphatic carbocycles. The Hall–Kier alpha value is -1.82. The molecule has 7 heteroatoms. The van der Waals surface area contributed by atoms with E-state index in [2.05, 4.69) is 10.3 Å². The fourth-order valence-electron chi connectivity index (χ4n) is 1.44. The van der Waals surface area contributed by atoms with E-state index in [0.29, 0.717) is 5.56 Å². The van der Waals surface area contributed by atoms with Gasteiger partial charge >= 0.3 is 12.1 Å². The van der Waals surface area contributed by atoms with E-state index in [4.69, 9.17) is 21.4 Å². The molecule has 1 heterocycles. The highest BCUT2D eigenvalue weighted by atomic mass is 35.5. The highest BCUT2D eigenvalue weighted by Crippen LogP contribution is 2.14. The van der Waals surface area contributed by atoms with Gasteiger partial charge in [0.2, 0.25) is 0 Å². The van der Waals surface area contributed by atoms with E-state index in [9.17, 15) is 9.59 Å². The van der Waals surface area contributed by atoms with Gasteiger partial charge in [0.05, 0.1) is 0 Å². The maximum Gasteiger partial charge on any atom is 0.408 e. The van der Waals surface area contributed by atoms with E-state index >= 15 is 0 Å². The van der Waals surface area contributed by atoms with Gasteiger partial charge in [0, 0.05) is 12.6 Å². The number of nitrogens with one attached hydrogen (secondary N) is 1. The lowest BCUT2D eigenvalue weighted by Gasteiger charge is -2.22. The third kappa shape index (κ3) is 5.44. The molecule has 0 saturated heterocycles. The zero-order valence-corrected chi connectivity index (χ0v) is 12.3. The Morgan fingerprint density at radius 3 is 2.65 bits per heavy atom. The van der Waals surface area contributed by atoms with Gasteiger partial charge < -0.3 is 15.2 Å². The van der Waals surface area contributed by atoms with Crippen LogP contribution in [0.4, 0.5) is 4.79 Å². The number of halogens is 1. The number of hydrogen-bond donors (Lipinski definition) is 2. The van der Waals surface area contributed by atoms with Gasteiger partial charge in [-0.25, -0.2) is 14.6 Å². The summed E-state index contributed by atoms with van der Waals surface area (Å²) in [6, 6.07) is 2.17. The van der Waals surface area contributed by atoms with E-state index in [1.165, 1.54) is 6.20 Å². The van der Waals surface area contributed by atoms with Gasteiger partial charge in [-0.15, -0.1) is 0 Å². The first-order chi connectivity index (χ1) is 9.19. The number of amides is 1. The van der Waals surface area contributed by atoms with Crippen LogP contribution in [0.2, 0.25) is 5.15 Å². The van der Waals surface area contributed by atoms with Crippen LogP contribution in [0.1, 0.15) is 26.3 Å². The predicted octanol–water partition coefficient (Wildman–Crippen LogP) is 2.26. The average Bonchev–Trinajstić information content (AvgIpc) is 2.28. The molecule has 1 amide bonds. The number of alkyl carbamates (subject to hydrolysis) is 1. The van der Waals surface area contributed by atoms with Crippen molar-refractivity contribution in [3.63, 3.8) is 0 Å². The minimum Gasteiger partial charge on any atom is -0.480 e. The molecule has 1 atom stereocenters. The lowest BCUT2D eigenvalue weighted by Crippen LogP contribution is -2.44. The van der Waals surface area contributed by atoms with E-state index in [0.717, 1.165) is 0 Å². The first-order valence-corrected chi connectivity index (χ1v) is 6.38. The van der Waals surface area contributed by atoms with Gasteiger partial charge in [-0.05, 0) is 32.4 Å². The van der Waals surface area contributed by atoms with Crippen molar-refractivity contribution < 1.29 is 19.4 Å². The Balaban J connectivity index is 2.74. The van der Waals surface area contributed by atoms with Gasteiger partial charge in [0.15, 0.2) is 0 Å². The van der Waals surface area contributed by atoms with Crippen molar-refractivity contribution in [2.24, 2.45) is 0 Å². The number of aliphatic carboxylic acids is 1. The number of carboxylic acid groups (broad SMARTS) is 1. The molecule has 0 radical (unpaired) electrons. The molecule has 1 aromatic heterocycles. The summed E-state index contributed by atoms with van der Waals surface area (Å²) >= 11 is 5.87. The van der Waals surface area contributed by atoms with Crippen molar-refractivity contribution in [3.8, 4) is 0 Å². The summed E-state index contributed by atoms with van der Waals surface area (Å²) in [6.07, 6.45) is 0.745. The van der Waals surface area contributed by atoms with Crippen molar-refractivity contribution in [3.05, 3.63) is 29.0 Å². The monoisotopic (exact) mass is 300 g/mol. The van der Waals surface area contributed by atoms with E-state index in [-0.39, 0.29) is 11.6 Å². The van der Waals surface area contributed by atoms with Crippen molar-refractivity contribution in [2.75, 3.05) is 0 Å². The Morgan fingerprint density at radius 1 is 1.50 bits per heavy atom. The van der Waals surface area contributed by atoms with Crippen molar-refractivity contribution in [2.45, 2.75) is 38.8 Å². The summed E-state index contributed by atoms with van der Waals surface area (Å²) in [4.78, 5) is 26.6. The maximum absolute atomic E-state index is 11.6. The first kappa shape index (κ1) is 16.2. The van der Waals surface area contributed by atoms with Gasteiger partial charge in [0.25, 0.3) is 0 Å². The molecule has 20 heavy (non-hydrogen) atoms. The number of ether oxygens (including phenoxy) is 1. The smallest absolute Gasteiger partial charge is 0.408 e. The number of hydrogen-bond acceptors (Lipinski definition) is 4. The minimum absolute atomic E-state index is 0.0290. The van der Waals surface area contributed by atoms with Crippen LogP contribution in [0.15, 0.2) is 18.3 Å². The highest BCUT2D eigenvalue weighted by molar-refractivity contribution is 6.30. The van der Waals surface area contributed by atoms with Gasteiger partial charge in [-0.2, -0.15) is 0 Å². The van der Waals surface area contributed by atoms with Gasteiger partial charge in [-0.1, -0.05) is 17.7 Å². The van der Waals surface area contributed by atoms with E-state index in [1.54, 1.807) is 32.9 Å². The molecule has 0 aliphatic heterocycles. The Kier molecular flexibility index (Phi) is 5.33. The molecule has 0 bridgehead atoms. The normalized spacial score (nSPS) is 12.6. The zero-order valence-electron chi connectivity index (χ0n) is 11.5. The van der Waals surface area contributed by atoms with Crippen LogP contribution in [-0.2, 0) is 16.0 Å². The second kappa shape index (κ2) is 6.56. The quantitative estimate of drug-likeness (QED) is 0.833. The fraction of sp³-hybridized carbons (Fsp3) is 0.462. The molecule has 110 valence electrons. The Bertz CT molecular complexity index is 499. The molecule has 2 N–H and O–H groups in total. The highest BCUT2D eigenvalue weighted by Gasteiger charge is 2.24. The summed E-state index contributed by atoms with van der Waals surface area (Å²) in [7, 11) is 0. The number of pyridine rings is 1. The van der Waals surface area contributed by atoms with E-state index < -0.39 is 23.7 Å². The number of rotatable bonds is 4. The third-order valence-corrected chi connectivity index (χ3v) is 2.59. The van der Waals surface area contributed by atoms with E-state index in [1.807, 2.05) is 0 Å². The number of carbonyl (C=O) groups is 2. The van der Waals surface area contributed by atoms with Gasteiger partial charge in [0.1, 0.15) is 16.8 Å². The molecule has 6 nitrogen and oxygen atoms in total. The van der Waals surface area contributed by atoms with Gasteiger partial charge in [-0.3, -0.25) is 0 Å². The van der Waals surface area contributed by atoms with Crippen LogP contribution in [-0.4, -0.2) is 33.8 Å². The number of carbonyl (C=O) groups excluding carboxylic acids is 1. The zero-order chi connectivity index (χ0) is 15.3. The fourth-order valence-corrected chi connectivity index (χ4v) is 1.64. The topological polar surface area (TPSA) is 88.5 Å². The van der Waals surface area contributed by atoms with Crippen LogP contribution in [0.25, 0.3) is 0 Å². The van der Waals surface area contributed by atoms with Crippen molar-refractivity contribution in [1.29, 1.82) is 0 Å². The molecular weight excluding hydrogens is 284 g/mol. The first-order valence-electron chi connectivity index (χ1n) is 6.01. The largest absolute Gasteiger partial charge is 0.480 e. The number of aromatic nitrogens is 1. The molecular formula is C13H17ClN2O4. The standard InChI is InChI=1S/C13H17ClN2O4/c1-13(2,3)20-12(19)16-9(11(17)18)7-8-5-4-6-15-10(8)14/h4-6,9H,7H2,1-3H3,(H,16,19)(H,17,18)/t9-/m1/s1. The maximum atomic E-state index is 11.6. The van der Waals surface area contributed by atoms with Crippen LogP contribution in [0.5, 0.6) is 0 Å². The van der Waals surface area contributed by atoms with Crippen LogP contribution in [0, 0.1) is 0 Å². The van der Waals surface area contributed by atoms with Crippen molar-refractivity contribution >= 4 is 23.7 Å². The predicted molar refractivity (Wildman–Crippen MR) is 73.7 cm³/mol. The lowest BCUT2D eigenvalue weighted by atomic mass is 10.1. The molecule has 0 aliphatic rings. The molecule has 0 saturated carbocycles. The summed E-state index contributed by atoms with van der Waals surface area (Å²) < 4.78 is 5.02. The molecule has 1 aromatic rings. The molecule has 1 rings (SSSR count). The minimum atomic E-state index is -1.17. The second-order valence-electron chi connectivity index (χ2n) is 5.19. The molecule has 0 aromatic carbocycles. The third-order valence-electron chi connectivity index (χ3n) is 2.25. The summed E-state index contributed by atoms with van der Waals surface area (Å²) in [5.41, 5.74) is -0.156. The van der Waals surface area contributed by atoms with Crippen LogP contribution < -0.4 is 5.32 Å². The molecule has 0 spiro atoms. The average molecular weight is 301 g/mol. The summed E-state index contributed by atoms with van der Waals surface area (Å²) in [6.45, 7) is 5.08. The Morgan fingerprint density at radius 2 is 2.15 bits per heavy atom. The summed E-state index contributed by atoms with van der Waals surface area (Å²) in [5, 5.41) is 11.7. The number of carboxylic acids is 1. The SMILES string of the molecule is CC(C)(C)OC(=O)N[C@H](Cc1cccnc1Cl)C(=O)O. The van der Waals surface area contributed by atoms with Crippen LogP contribution in [0.3, 0.4) is 0 Å². The molecule has 0 fully saturated rings. The number of nitrogens with zero attached hydrogens (tertiary/aromatic N) is 1.